The van der Waals surface area contributed by atoms with Gasteiger partial charge < -0.3 is 0 Å². The van der Waals surface area contributed by atoms with E-state index in [0.717, 1.165) is 42.7 Å². The summed E-state index contributed by atoms with van der Waals surface area (Å²) >= 11 is 6.17. The zero-order valence-corrected chi connectivity index (χ0v) is 19.8. The highest BCUT2D eigenvalue weighted by Gasteiger charge is 2.31. The molecule has 0 saturated carbocycles. The summed E-state index contributed by atoms with van der Waals surface area (Å²) < 4.78 is 0. The summed E-state index contributed by atoms with van der Waals surface area (Å²) in [5.41, 5.74) is 10.0. The van der Waals surface area contributed by atoms with E-state index in [4.69, 9.17) is 11.6 Å². The van der Waals surface area contributed by atoms with Crippen LogP contribution in [0.3, 0.4) is 0 Å². The summed E-state index contributed by atoms with van der Waals surface area (Å²) in [4.78, 5) is 10.7. The van der Waals surface area contributed by atoms with Crippen LogP contribution in [0.1, 0.15) is 81.0 Å². The molecule has 1 aromatic rings. The van der Waals surface area contributed by atoms with Crippen molar-refractivity contribution < 1.29 is 4.79 Å². The average Bonchev–Trinajstić information content (AvgIpc) is 3.22. The minimum absolute atomic E-state index is 0.146. The summed E-state index contributed by atoms with van der Waals surface area (Å²) in [7, 11) is 0. The van der Waals surface area contributed by atoms with Crippen molar-refractivity contribution >= 4 is 17.5 Å². The zero-order valence-electron chi connectivity index (χ0n) is 19.0. The van der Waals surface area contributed by atoms with Crippen LogP contribution in [-0.4, -0.2) is 5.94 Å². The Morgan fingerprint density at radius 2 is 1.80 bits per heavy atom. The number of hydrogen-bond acceptors (Lipinski definition) is 1. The zero-order chi connectivity index (χ0) is 21.7. The lowest BCUT2D eigenvalue weighted by Crippen LogP contribution is -2.18. The van der Waals surface area contributed by atoms with Crippen molar-refractivity contribution in [3.8, 4) is 0 Å². The van der Waals surface area contributed by atoms with E-state index in [1.165, 1.54) is 47.9 Å². The predicted molar refractivity (Wildman–Crippen MR) is 129 cm³/mol. The van der Waals surface area contributed by atoms with Crippen LogP contribution < -0.4 is 0 Å². The summed E-state index contributed by atoms with van der Waals surface area (Å²) in [5.74, 6) is 2.01. The van der Waals surface area contributed by atoms with Gasteiger partial charge >= 0.3 is 0 Å². The van der Waals surface area contributed by atoms with Crippen LogP contribution in [0.5, 0.6) is 0 Å². The molecule has 1 aromatic carbocycles. The maximum atomic E-state index is 10.7. The number of aryl methyl sites for hydroxylation is 2. The van der Waals surface area contributed by atoms with Gasteiger partial charge in [-0.25, -0.2) is 4.79 Å². The number of benzene rings is 1. The molecular formula is C28H35ClO. The highest BCUT2D eigenvalue weighted by Crippen LogP contribution is 2.46. The predicted octanol–water partition coefficient (Wildman–Crippen LogP) is 7.91. The number of allylic oxidation sites excluding steroid dienone is 7. The van der Waals surface area contributed by atoms with E-state index in [1.807, 2.05) is 12.9 Å². The summed E-state index contributed by atoms with van der Waals surface area (Å²) in [6, 6.07) is 4.64. The second-order valence-corrected chi connectivity index (χ2v) is 9.79. The molecule has 0 N–H and O–H groups in total. The third kappa shape index (κ3) is 5.26. The normalized spacial score (nSPS) is 21.0. The molecule has 1 atom stereocenters. The van der Waals surface area contributed by atoms with Crippen LogP contribution in [0.25, 0.3) is 0 Å². The molecule has 30 heavy (non-hydrogen) atoms. The van der Waals surface area contributed by atoms with Gasteiger partial charge in [-0.15, -0.1) is 0 Å². The first-order chi connectivity index (χ1) is 14.3. The number of rotatable bonds is 8. The Morgan fingerprint density at radius 1 is 1.10 bits per heavy atom. The number of hydrogen-bond donors (Lipinski definition) is 0. The largest absolute Gasteiger partial charge is 0.234 e. The Hall–Kier alpha value is -1.82. The van der Waals surface area contributed by atoms with Gasteiger partial charge in [0.1, 0.15) is 5.94 Å². The molecule has 0 radical (unpaired) electrons. The van der Waals surface area contributed by atoms with Gasteiger partial charge in [-0.05, 0) is 107 Å². The monoisotopic (exact) mass is 422 g/mol. The van der Waals surface area contributed by atoms with Crippen LogP contribution in [-0.2, 0) is 17.6 Å². The lowest BCUT2D eigenvalue weighted by molar-refractivity contribution is 0.498. The molecule has 0 heterocycles. The fourth-order valence-corrected chi connectivity index (χ4v) is 5.20. The Bertz CT molecular complexity index is 940. The second-order valence-electron chi connectivity index (χ2n) is 9.35. The Labute approximate surface area is 187 Å². The van der Waals surface area contributed by atoms with Gasteiger partial charge in [0.15, 0.2) is 0 Å². The molecule has 0 spiro atoms. The van der Waals surface area contributed by atoms with E-state index in [0.29, 0.717) is 0 Å². The minimum atomic E-state index is 0.146. The fraction of sp³-hybridized carbons (Fsp3) is 0.500. The van der Waals surface area contributed by atoms with Crippen LogP contribution in [0.15, 0.2) is 52.1 Å². The third-order valence-corrected chi connectivity index (χ3v) is 7.51. The minimum Gasteiger partial charge on any atom is -0.234 e. The van der Waals surface area contributed by atoms with Gasteiger partial charge in [0.2, 0.25) is 0 Å². The molecule has 2 aliphatic rings. The fourth-order valence-electron chi connectivity index (χ4n) is 5.06. The van der Waals surface area contributed by atoms with Crippen molar-refractivity contribution in [1.29, 1.82) is 0 Å². The van der Waals surface area contributed by atoms with Gasteiger partial charge in [-0.3, -0.25) is 0 Å². The van der Waals surface area contributed by atoms with Gasteiger partial charge in [0, 0.05) is 16.0 Å². The van der Waals surface area contributed by atoms with Crippen LogP contribution in [0, 0.1) is 19.3 Å². The molecule has 0 saturated heterocycles. The molecule has 0 fully saturated rings. The molecule has 0 aliphatic heterocycles. The van der Waals surface area contributed by atoms with Crippen molar-refractivity contribution in [2.24, 2.45) is 5.41 Å². The standard InChI is InChI=1S/C28H35ClO/c1-20(19-30)7-5-8-23-11-12-24(22(3)21(23)2)13-14-25-9-6-10-27(25)28(4)17-15-26(29)16-18-28/h11-12,15-17H,5-10,13-14,18H2,1-4H3. The number of halogens is 1. The summed E-state index contributed by atoms with van der Waals surface area (Å²) in [5, 5.41) is 0.871. The van der Waals surface area contributed by atoms with Crippen molar-refractivity contribution in [1.82, 2.24) is 0 Å². The quantitative estimate of drug-likeness (QED) is 0.307. The molecule has 2 aliphatic carbocycles. The van der Waals surface area contributed by atoms with E-state index in [-0.39, 0.29) is 5.41 Å². The van der Waals surface area contributed by atoms with Crippen molar-refractivity contribution in [2.45, 2.75) is 85.5 Å². The molecule has 1 unspecified atom stereocenters. The maximum absolute atomic E-state index is 10.7. The van der Waals surface area contributed by atoms with E-state index in [2.05, 4.69) is 51.1 Å². The second kappa shape index (κ2) is 9.99. The molecule has 0 amide bonds. The van der Waals surface area contributed by atoms with Crippen molar-refractivity contribution in [2.75, 3.05) is 0 Å². The molecule has 1 nitrogen and oxygen atoms in total. The van der Waals surface area contributed by atoms with Crippen LogP contribution >= 0.6 is 11.6 Å². The van der Waals surface area contributed by atoms with Crippen LogP contribution in [0.4, 0.5) is 0 Å². The van der Waals surface area contributed by atoms with Gasteiger partial charge in [-0.1, -0.05) is 54.0 Å². The molecular weight excluding hydrogens is 388 g/mol. The lowest BCUT2D eigenvalue weighted by atomic mass is 9.74. The van der Waals surface area contributed by atoms with Gasteiger partial charge in [-0.2, -0.15) is 0 Å². The third-order valence-electron chi connectivity index (χ3n) is 7.23. The maximum Gasteiger partial charge on any atom is 0.123 e. The Morgan fingerprint density at radius 3 is 2.43 bits per heavy atom. The molecule has 3 rings (SSSR count). The van der Waals surface area contributed by atoms with Crippen molar-refractivity contribution in [3.05, 3.63) is 74.4 Å². The van der Waals surface area contributed by atoms with Gasteiger partial charge in [0.05, 0.1) is 0 Å². The Kier molecular flexibility index (Phi) is 7.61. The molecule has 0 bridgehead atoms. The first-order valence-corrected chi connectivity index (χ1v) is 11.8. The molecule has 0 aromatic heterocycles. The summed E-state index contributed by atoms with van der Waals surface area (Å²) in [6.07, 6.45) is 16.5. The lowest BCUT2D eigenvalue weighted by Gasteiger charge is -2.30. The highest BCUT2D eigenvalue weighted by atomic mass is 35.5. The smallest absolute Gasteiger partial charge is 0.123 e. The SMILES string of the molecule is CC(=C=O)CCCc1ccc(CCC2=C(C3(C)C=CC(Cl)=CC3)CCC2)c(C)c1C. The van der Waals surface area contributed by atoms with Crippen LogP contribution in [0.2, 0.25) is 0 Å². The topological polar surface area (TPSA) is 17.1 Å². The number of carbonyl (C=O) groups excluding carboxylic acids is 1. The highest BCUT2D eigenvalue weighted by molar-refractivity contribution is 6.31. The summed E-state index contributed by atoms with van der Waals surface area (Å²) in [6.45, 7) is 8.76. The van der Waals surface area contributed by atoms with Crippen molar-refractivity contribution in [3.63, 3.8) is 0 Å². The van der Waals surface area contributed by atoms with Gasteiger partial charge in [0.25, 0.3) is 0 Å². The van der Waals surface area contributed by atoms with E-state index >= 15 is 0 Å². The van der Waals surface area contributed by atoms with E-state index in [1.54, 1.807) is 11.1 Å². The average molecular weight is 423 g/mol. The van der Waals surface area contributed by atoms with E-state index in [9.17, 15) is 4.79 Å². The molecule has 160 valence electrons. The molecule has 2 heteroatoms. The first-order valence-electron chi connectivity index (χ1n) is 11.4. The Balaban J connectivity index is 1.68. The first kappa shape index (κ1) is 22.9. The van der Waals surface area contributed by atoms with E-state index < -0.39 is 0 Å².